The number of hydrogen-bond donors (Lipinski definition) is 2. The fraction of sp³-hybridized carbons (Fsp3) is 0.250. The molecule has 3 aliphatic rings. The topological polar surface area (TPSA) is 95.4 Å². The highest BCUT2D eigenvalue weighted by Crippen LogP contribution is 2.58. The number of furan rings is 2. The van der Waals surface area contributed by atoms with Crippen molar-refractivity contribution >= 4 is 52.4 Å². The highest BCUT2D eigenvalue weighted by Gasteiger charge is 2.56. The van der Waals surface area contributed by atoms with Crippen LogP contribution < -0.4 is 33.3 Å². The molecule has 6 aromatic rings. The molecule has 51 heavy (non-hydrogen) atoms. The summed E-state index contributed by atoms with van der Waals surface area (Å²) in [6, 6.07) is 32.7. The third-order valence-electron chi connectivity index (χ3n) is 12.0. The van der Waals surface area contributed by atoms with E-state index in [1.165, 1.54) is 38.8 Å². The maximum absolute atomic E-state index is 13.5. The van der Waals surface area contributed by atoms with Gasteiger partial charge in [-0.25, -0.2) is 0 Å². The molecular formula is C44H42B2N2O3. The molecule has 4 aromatic carbocycles. The Hall–Kier alpha value is -5.16. The molecule has 1 aliphatic carbocycles. The number of nitrogens with two attached hydrogens (primary N) is 2. The first-order chi connectivity index (χ1) is 24.5. The van der Waals surface area contributed by atoms with Gasteiger partial charge in [-0.1, -0.05) is 148 Å². The molecule has 9 rings (SSSR count). The van der Waals surface area contributed by atoms with Crippen LogP contribution in [-0.4, -0.2) is 19.2 Å². The van der Waals surface area contributed by atoms with Gasteiger partial charge in [-0.15, -0.1) is 0 Å². The van der Waals surface area contributed by atoms with Gasteiger partial charge in [-0.2, -0.15) is 0 Å². The van der Waals surface area contributed by atoms with Crippen LogP contribution in [0.3, 0.4) is 0 Å². The minimum absolute atomic E-state index is 0.0699. The van der Waals surface area contributed by atoms with E-state index in [0.29, 0.717) is 28.6 Å². The van der Waals surface area contributed by atoms with E-state index in [1.807, 2.05) is 25.1 Å². The lowest BCUT2D eigenvalue weighted by molar-refractivity contribution is 0.101. The Labute approximate surface area is 300 Å². The molecule has 4 heterocycles. The molecule has 2 aromatic heterocycles. The Morgan fingerprint density at radius 3 is 2.06 bits per heavy atom. The Morgan fingerprint density at radius 2 is 1.33 bits per heavy atom. The van der Waals surface area contributed by atoms with Crippen molar-refractivity contribution in [3.63, 3.8) is 0 Å². The van der Waals surface area contributed by atoms with Crippen molar-refractivity contribution in [3.8, 4) is 11.1 Å². The van der Waals surface area contributed by atoms with E-state index in [-0.39, 0.29) is 30.9 Å². The predicted octanol–water partition coefficient (Wildman–Crippen LogP) is 6.95. The van der Waals surface area contributed by atoms with Gasteiger partial charge in [-0.05, 0) is 57.7 Å². The summed E-state index contributed by atoms with van der Waals surface area (Å²) in [5.74, 6) is 3.35. The van der Waals surface area contributed by atoms with Crippen LogP contribution in [0.25, 0.3) is 11.1 Å². The summed E-state index contributed by atoms with van der Waals surface area (Å²) in [7, 11) is 0. The number of hydrogen-bond acceptors (Lipinski definition) is 5. The first-order valence-corrected chi connectivity index (χ1v) is 18.3. The molecule has 0 amide bonds. The summed E-state index contributed by atoms with van der Waals surface area (Å²) in [5, 5.41) is 0. The Kier molecular flexibility index (Phi) is 6.96. The number of benzene rings is 4. The van der Waals surface area contributed by atoms with E-state index in [4.69, 9.17) is 20.3 Å². The van der Waals surface area contributed by atoms with E-state index >= 15 is 0 Å². The number of anilines is 2. The number of ketones is 1. The molecule has 0 fully saturated rings. The minimum atomic E-state index is -0.630. The zero-order valence-corrected chi connectivity index (χ0v) is 30.1. The zero-order chi connectivity index (χ0) is 35.5. The van der Waals surface area contributed by atoms with Crippen LogP contribution in [0.1, 0.15) is 96.2 Å². The lowest BCUT2D eigenvalue weighted by atomic mass is 9.29. The molecule has 252 valence electrons. The van der Waals surface area contributed by atoms with E-state index < -0.39 is 5.41 Å². The number of nitrogen functional groups attached to an aromatic ring is 2. The Bertz CT molecular complexity index is 2420. The second-order valence-electron chi connectivity index (χ2n) is 15.7. The fourth-order valence-corrected chi connectivity index (χ4v) is 9.95. The molecule has 2 atom stereocenters. The first kappa shape index (κ1) is 31.8. The van der Waals surface area contributed by atoms with Gasteiger partial charge in [0, 0.05) is 11.5 Å². The molecule has 7 heteroatoms. The number of fused-ring (bicyclic) bond motifs is 11. The highest BCUT2D eigenvalue weighted by molar-refractivity contribution is 6.90. The van der Waals surface area contributed by atoms with Gasteiger partial charge in [0.15, 0.2) is 5.76 Å². The maximum Gasteiger partial charge on any atom is 0.227 e. The van der Waals surface area contributed by atoms with Crippen molar-refractivity contribution in [3.05, 3.63) is 142 Å². The Morgan fingerprint density at radius 1 is 0.686 bits per heavy atom. The standard InChI is InChI=1S/C44H42B2N2O3/c1-23(2)41-39(48)37-43(51-41)44(33-16-10-12-18-35(33)45(37)24(3)4)31-15-9-7-13-28(31)30-22-27(19-20-32(30)44)21-25(5)46-34-17-11-8-14-29(34)40(49)42-36(46)38(47)26(6)50-42/h7-20,22-25H,21,47-48H2,1-6H3. The van der Waals surface area contributed by atoms with Gasteiger partial charge in [0.2, 0.25) is 19.2 Å². The van der Waals surface area contributed by atoms with Gasteiger partial charge < -0.3 is 20.3 Å². The van der Waals surface area contributed by atoms with E-state index in [9.17, 15) is 4.79 Å². The summed E-state index contributed by atoms with van der Waals surface area (Å²) in [6.45, 7) is 13.1. The van der Waals surface area contributed by atoms with Crippen LogP contribution in [0.15, 0.2) is 99.8 Å². The molecule has 2 unspecified atom stereocenters. The molecule has 1 spiro atoms. The molecule has 0 bridgehead atoms. The predicted molar refractivity (Wildman–Crippen MR) is 211 cm³/mol. The smallest absolute Gasteiger partial charge is 0.227 e. The second kappa shape index (κ2) is 11.2. The van der Waals surface area contributed by atoms with Crippen LogP contribution in [0.5, 0.6) is 0 Å². The third-order valence-corrected chi connectivity index (χ3v) is 12.0. The summed E-state index contributed by atoms with van der Waals surface area (Å²) in [4.78, 5) is 13.5. The minimum Gasteiger partial charge on any atom is -0.462 e. The molecular weight excluding hydrogens is 626 g/mol. The number of carbonyl (C=O) groups excluding carboxylic acids is 1. The van der Waals surface area contributed by atoms with Crippen LogP contribution >= 0.6 is 0 Å². The van der Waals surface area contributed by atoms with Gasteiger partial charge in [0.25, 0.3) is 0 Å². The molecule has 4 N–H and O–H groups in total. The van der Waals surface area contributed by atoms with Gasteiger partial charge in [0.1, 0.15) is 22.7 Å². The van der Waals surface area contributed by atoms with Gasteiger partial charge in [-0.3, -0.25) is 4.79 Å². The van der Waals surface area contributed by atoms with Crippen molar-refractivity contribution < 1.29 is 13.6 Å². The highest BCUT2D eigenvalue weighted by atomic mass is 16.4. The van der Waals surface area contributed by atoms with Gasteiger partial charge in [0.05, 0.1) is 11.4 Å². The summed E-state index contributed by atoms with van der Waals surface area (Å²) in [5.41, 5.74) is 26.9. The zero-order valence-electron chi connectivity index (χ0n) is 30.1. The molecule has 5 nitrogen and oxygen atoms in total. The van der Waals surface area contributed by atoms with Crippen molar-refractivity contribution in [2.24, 2.45) is 0 Å². The average molecular weight is 668 g/mol. The van der Waals surface area contributed by atoms with E-state index in [1.54, 1.807) is 0 Å². The monoisotopic (exact) mass is 668 g/mol. The van der Waals surface area contributed by atoms with Crippen molar-refractivity contribution in [2.45, 2.75) is 70.9 Å². The van der Waals surface area contributed by atoms with E-state index in [2.05, 4.69) is 107 Å². The van der Waals surface area contributed by atoms with Crippen molar-refractivity contribution in [2.75, 3.05) is 11.5 Å². The molecule has 2 aliphatic heterocycles. The molecule has 0 saturated heterocycles. The largest absolute Gasteiger partial charge is 0.462 e. The number of rotatable bonds is 5. The summed E-state index contributed by atoms with van der Waals surface area (Å²) < 4.78 is 13.1. The van der Waals surface area contributed by atoms with Crippen molar-refractivity contribution in [1.29, 1.82) is 0 Å². The second-order valence-corrected chi connectivity index (χ2v) is 15.7. The lowest BCUT2D eigenvalue weighted by Crippen LogP contribution is -2.57. The first-order valence-electron chi connectivity index (χ1n) is 18.3. The normalized spacial score (nSPS) is 17.4. The molecule has 0 saturated carbocycles. The van der Waals surface area contributed by atoms with Crippen LogP contribution in [-0.2, 0) is 11.8 Å². The maximum atomic E-state index is 13.5. The molecule has 0 radical (unpaired) electrons. The van der Waals surface area contributed by atoms with Crippen LogP contribution in [0.4, 0.5) is 11.4 Å². The summed E-state index contributed by atoms with van der Waals surface area (Å²) >= 11 is 0. The number of aryl methyl sites for hydroxylation is 1. The van der Waals surface area contributed by atoms with Crippen molar-refractivity contribution in [1.82, 2.24) is 0 Å². The average Bonchev–Trinajstić information content (AvgIpc) is 3.73. The Balaban J connectivity index is 1.23. The number of carbonyl (C=O) groups is 1. The van der Waals surface area contributed by atoms with Crippen LogP contribution in [0, 0.1) is 6.92 Å². The fourth-order valence-electron chi connectivity index (χ4n) is 9.95. The third kappa shape index (κ3) is 4.15. The lowest BCUT2D eigenvalue weighted by Gasteiger charge is -2.40. The van der Waals surface area contributed by atoms with Crippen LogP contribution in [0.2, 0.25) is 11.6 Å². The SMILES string of the molecule is Cc1oc2c(c1N)B(C(C)Cc1ccc3c(c1)-c1ccccc1C31c3ccccc3B(C(C)C)c3c1oc(C(C)C)c3N)c1ccccc1C2=O. The summed E-state index contributed by atoms with van der Waals surface area (Å²) in [6.07, 6.45) is 0.793. The van der Waals surface area contributed by atoms with Gasteiger partial charge >= 0.3 is 0 Å². The van der Waals surface area contributed by atoms with E-state index in [0.717, 1.165) is 40.0 Å². The quantitative estimate of drug-likeness (QED) is 0.194.